The van der Waals surface area contributed by atoms with E-state index < -0.39 is 0 Å². The van der Waals surface area contributed by atoms with Gasteiger partial charge in [0.15, 0.2) is 5.16 Å². The average molecular weight is 303 g/mol. The van der Waals surface area contributed by atoms with E-state index in [9.17, 15) is 9.59 Å². The van der Waals surface area contributed by atoms with Crippen molar-refractivity contribution in [1.29, 1.82) is 0 Å². The molecule has 0 unspecified atom stereocenters. The third kappa shape index (κ3) is 3.95. The molecule has 0 saturated heterocycles. The van der Waals surface area contributed by atoms with Gasteiger partial charge < -0.3 is 5.32 Å². The lowest BCUT2D eigenvalue weighted by molar-refractivity contribution is -0.116. The summed E-state index contributed by atoms with van der Waals surface area (Å²) in [5.41, 5.74) is 2.27. The first-order valence-electron chi connectivity index (χ1n) is 6.48. The van der Waals surface area contributed by atoms with Crippen molar-refractivity contribution < 1.29 is 4.79 Å². The molecule has 1 heterocycles. The smallest absolute Gasteiger partial charge is 0.254 e. The number of nitrogens with zero attached hydrogens (tertiary/aromatic N) is 2. The molecule has 6 heteroatoms. The van der Waals surface area contributed by atoms with Crippen LogP contribution in [0, 0.1) is 13.8 Å². The van der Waals surface area contributed by atoms with Crippen LogP contribution in [0.1, 0.15) is 11.3 Å². The number of benzene rings is 1. The van der Waals surface area contributed by atoms with Crippen LogP contribution in [-0.2, 0) is 11.3 Å². The first-order valence-corrected chi connectivity index (χ1v) is 7.71. The van der Waals surface area contributed by atoms with Crippen molar-refractivity contribution in [3.63, 3.8) is 0 Å². The lowest BCUT2D eigenvalue weighted by Crippen LogP contribution is -2.29. The second kappa shape index (κ2) is 6.58. The Hall–Kier alpha value is -2.08. The minimum Gasteiger partial charge on any atom is -0.325 e. The van der Waals surface area contributed by atoms with Gasteiger partial charge in [0.1, 0.15) is 6.54 Å². The first-order chi connectivity index (χ1) is 9.99. The highest BCUT2D eigenvalue weighted by Crippen LogP contribution is 2.11. The molecule has 2 aromatic rings. The predicted molar refractivity (Wildman–Crippen MR) is 84.8 cm³/mol. The average Bonchev–Trinajstić information content (AvgIpc) is 2.44. The van der Waals surface area contributed by atoms with Crippen LogP contribution in [0.5, 0.6) is 0 Å². The minimum atomic E-state index is -0.248. The summed E-state index contributed by atoms with van der Waals surface area (Å²) >= 11 is 1.35. The minimum absolute atomic E-state index is 0.0455. The summed E-state index contributed by atoms with van der Waals surface area (Å²) in [6.45, 7) is 3.70. The molecule has 0 bridgehead atoms. The molecular formula is C15H17N3O2S. The first kappa shape index (κ1) is 15.3. The van der Waals surface area contributed by atoms with Crippen molar-refractivity contribution in [2.24, 2.45) is 0 Å². The van der Waals surface area contributed by atoms with Crippen LogP contribution in [0.3, 0.4) is 0 Å². The van der Waals surface area contributed by atoms with E-state index in [4.69, 9.17) is 0 Å². The topological polar surface area (TPSA) is 64.0 Å². The Balaban J connectivity index is 2.16. The molecule has 1 aromatic carbocycles. The third-order valence-electron chi connectivity index (χ3n) is 2.92. The van der Waals surface area contributed by atoms with E-state index >= 15 is 0 Å². The Bertz CT molecular complexity index is 708. The molecule has 1 aromatic heterocycles. The van der Waals surface area contributed by atoms with E-state index in [0.717, 1.165) is 5.56 Å². The van der Waals surface area contributed by atoms with Crippen LogP contribution in [0.25, 0.3) is 0 Å². The van der Waals surface area contributed by atoms with Crippen LogP contribution in [0.15, 0.2) is 40.3 Å². The summed E-state index contributed by atoms with van der Waals surface area (Å²) in [7, 11) is 0. The third-order valence-corrected chi connectivity index (χ3v) is 3.60. The summed E-state index contributed by atoms with van der Waals surface area (Å²) in [6, 6.07) is 8.93. The lowest BCUT2D eigenvalue weighted by atomic mass is 10.2. The number of hydrogen-bond donors (Lipinski definition) is 1. The molecule has 0 aliphatic carbocycles. The summed E-state index contributed by atoms with van der Waals surface area (Å²) in [4.78, 5) is 28.3. The van der Waals surface area contributed by atoms with Gasteiger partial charge in [0.25, 0.3) is 5.56 Å². The van der Waals surface area contributed by atoms with Crippen LogP contribution < -0.4 is 10.9 Å². The fraction of sp³-hybridized carbons (Fsp3) is 0.267. The van der Waals surface area contributed by atoms with Crippen LogP contribution >= 0.6 is 11.8 Å². The zero-order valence-electron chi connectivity index (χ0n) is 12.2. The Morgan fingerprint density at radius 1 is 1.29 bits per heavy atom. The van der Waals surface area contributed by atoms with Crippen molar-refractivity contribution in [1.82, 2.24) is 9.55 Å². The molecule has 2 rings (SSSR count). The van der Waals surface area contributed by atoms with Gasteiger partial charge in [-0.3, -0.25) is 14.2 Å². The van der Waals surface area contributed by atoms with E-state index in [1.54, 1.807) is 6.92 Å². The highest BCUT2D eigenvalue weighted by atomic mass is 32.2. The second-order valence-electron chi connectivity index (χ2n) is 4.72. The predicted octanol–water partition coefficient (Wildman–Crippen LogP) is 2.22. The van der Waals surface area contributed by atoms with E-state index in [0.29, 0.717) is 16.5 Å². The maximum Gasteiger partial charge on any atom is 0.254 e. The molecule has 1 N–H and O–H groups in total. The van der Waals surface area contributed by atoms with Gasteiger partial charge in [-0.1, -0.05) is 29.5 Å². The molecule has 5 nitrogen and oxygen atoms in total. The number of carbonyl (C=O) groups excluding carboxylic acids is 1. The monoisotopic (exact) mass is 303 g/mol. The Labute approximate surface area is 127 Å². The largest absolute Gasteiger partial charge is 0.325 e. The lowest BCUT2D eigenvalue weighted by Gasteiger charge is -2.11. The number of hydrogen-bond acceptors (Lipinski definition) is 4. The zero-order chi connectivity index (χ0) is 15.4. The molecule has 0 aliphatic rings. The van der Waals surface area contributed by atoms with E-state index in [1.165, 1.54) is 22.4 Å². The van der Waals surface area contributed by atoms with Crippen molar-refractivity contribution in [3.8, 4) is 0 Å². The highest BCUT2D eigenvalue weighted by molar-refractivity contribution is 7.98. The van der Waals surface area contributed by atoms with Gasteiger partial charge in [-0.25, -0.2) is 4.98 Å². The van der Waals surface area contributed by atoms with Crippen LogP contribution in [0.4, 0.5) is 5.69 Å². The standard InChI is InChI=1S/C15H17N3O2S/c1-10-4-6-12(7-5-10)17-13(19)9-18-14(20)8-11(2)16-15(18)21-3/h4-8H,9H2,1-3H3,(H,17,19). The molecule has 0 aliphatic heterocycles. The molecule has 0 saturated carbocycles. The molecule has 21 heavy (non-hydrogen) atoms. The maximum absolute atomic E-state index is 12.1. The van der Waals surface area contributed by atoms with Crippen molar-refractivity contribution >= 4 is 23.4 Å². The number of rotatable bonds is 4. The van der Waals surface area contributed by atoms with E-state index in [1.807, 2.05) is 37.4 Å². The fourth-order valence-electron chi connectivity index (χ4n) is 1.88. The second-order valence-corrected chi connectivity index (χ2v) is 5.50. The van der Waals surface area contributed by atoms with Crippen molar-refractivity contribution in [3.05, 3.63) is 51.9 Å². The number of aryl methyl sites for hydroxylation is 2. The number of amides is 1. The summed E-state index contributed by atoms with van der Waals surface area (Å²) in [6.07, 6.45) is 1.83. The molecular weight excluding hydrogens is 286 g/mol. The summed E-state index contributed by atoms with van der Waals surface area (Å²) in [5.74, 6) is -0.248. The fourth-order valence-corrected chi connectivity index (χ4v) is 2.49. The Kier molecular flexibility index (Phi) is 4.80. The molecule has 1 amide bonds. The van der Waals surface area contributed by atoms with Crippen LogP contribution in [-0.4, -0.2) is 21.7 Å². The van der Waals surface area contributed by atoms with Gasteiger partial charge in [0.2, 0.25) is 5.91 Å². The normalized spacial score (nSPS) is 10.4. The highest BCUT2D eigenvalue weighted by Gasteiger charge is 2.10. The summed E-state index contributed by atoms with van der Waals surface area (Å²) < 4.78 is 1.38. The molecule has 0 fully saturated rings. The molecule has 0 spiro atoms. The van der Waals surface area contributed by atoms with E-state index in [-0.39, 0.29) is 18.0 Å². The van der Waals surface area contributed by atoms with Gasteiger partial charge in [-0.05, 0) is 32.2 Å². The van der Waals surface area contributed by atoms with Crippen LogP contribution in [0.2, 0.25) is 0 Å². The molecule has 110 valence electrons. The number of nitrogens with one attached hydrogen (secondary N) is 1. The Morgan fingerprint density at radius 2 is 1.95 bits per heavy atom. The van der Waals surface area contributed by atoms with Gasteiger partial charge in [-0.2, -0.15) is 0 Å². The van der Waals surface area contributed by atoms with E-state index in [2.05, 4.69) is 10.3 Å². The maximum atomic E-state index is 12.1. The van der Waals surface area contributed by atoms with Gasteiger partial charge >= 0.3 is 0 Å². The number of aromatic nitrogens is 2. The quantitative estimate of drug-likeness (QED) is 0.695. The number of thioether (sulfide) groups is 1. The molecule has 0 atom stereocenters. The zero-order valence-corrected chi connectivity index (χ0v) is 13.0. The number of carbonyl (C=O) groups is 1. The van der Waals surface area contributed by atoms with Crippen molar-refractivity contribution in [2.75, 3.05) is 11.6 Å². The van der Waals surface area contributed by atoms with Gasteiger partial charge in [-0.15, -0.1) is 0 Å². The molecule has 0 radical (unpaired) electrons. The number of anilines is 1. The van der Waals surface area contributed by atoms with Crippen molar-refractivity contribution in [2.45, 2.75) is 25.5 Å². The van der Waals surface area contributed by atoms with Gasteiger partial charge in [0, 0.05) is 17.4 Å². The summed E-state index contributed by atoms with van der Waals surface area (Å²) in [5, 5.41) is 3.32. The van der Waals surface area contributed by atoms with Gasteiger partial charge in [0.05, 0.1) is 0 Å². The SMILES string of the molecule is CSc1nc(C)cc(=O)n1CC(=O)Nc1ccc(C)cc1. The Morgan fingerprint density at radius 3 is 2.57 bits per heavy atom.